The molecule has 0 radical (unpaired) electrons. The normalized spacial score (nSPS) is 15.6. The van der Waals surface area contributed by atoms with E-state index in [1.807, 2.05) is 0 Å². The van der Waals surface area contributed by atoms with Gasteiger partial charge in [0.1, 0.15) is 17.0 Å². The Balaban J connectivity index is 1.96. The smallest absolute Gasteiger partial charge is 0.360 e. The molecule has 3 rings (SSSR count). The average molecular weight is 395 g/mol. The maximum Gasteiger partial charge on any atom is 0.371 e. The Hall–Kier alpha value is -2.71. The Bertz CT molecular complexity index is 960. The Kier molecular flexibility index (Phi) is 4.80. The van der Waals surface area contributed by atoms with Crippen molar-refractivity contribution in [2.24, 2.45) is 10.3 Å². The van der Waals surface area contributed by atoms with Gasteiger partial charge in [-0.3, -0.25) is 4.79 Å². The van der Waals surface area contributed by atoms with Crippen LogP contribution in [0.25, 0.3) is 11.3 Å². The van der Waals surface area contributed by atoms with Crippen LogP contribution >= 0.6 is 23.2 Å². The van der Waals surface area contributed by atoms with Gasteiger partial charge in [0.05, 0.1) is 15.8 Å². The Morgan fingerprint density at radius 1 is 1.27 bits per heavy atom. The second-order valence-corrected chi connectivity index (χ2v) is 6.21. The van der Waals surface area contributed by atoms with E-state index in [0.29, 0.717) is 21.3 Å². The van der Waals surface area contributed by atoms with Crippen molar-refractivity contribution in [2.45, 2.75) is 13.8 Å². The fraction of sp³-hybridized carbons (Fsp3) is 0.188. The highest BCUT2D eigenvalue weighted by molar-refractivity contribution is 6.68. The minimum Gasteiger partial charge on any atom is -0.360 e. The first kappa shape index (κ1) is 18.1. The zero-order chi connectivity index (χ0) is 19.0. The van der Waals surface area contributed by atoms with Crippen molar-refractivity contribution in [3.8, 4) is 11.3 Å². The SMILES string of the molecule is CC1=NN(C)C(=O)/C1=N/OC(=O)c1c(-c2c(Cl)cccc2Cl)noc1C. The molecule has 8 nitrogen and oxygen atoms in total. The second-order valence-electron chi connectivity index (χ2n) is 5.39. The van der Waals surface area contributed by atoms with Gasteiger partial charge < -0.3 is 9.36 Å². The number of carbonyl (C=O) groups is 2. The predicted octanol–water partition coefficient (Wildman–Crippen LogP) is 3.32. The fourth-order valence-corrected chi connectivity index (χ4v) is 2.95. The molecule has 26 heavy (non-hydrogen) atoms. The van der Waals surface area contributed by atoms with Gasteiger partial charge in [0.2, 0.25) is 0 Å². The quantitative estimate of drug-likeness (QED) is 0.587. The first-order valence-corrected chi connectivity index (χ1v) is 8.10. The molecule has 0 unspecified atom stereocenters. The van der Waals surface area contributed by atoms with E-state index in [2.05, 4.69) is 15.4 Å². The molecule has 1 aliphatic heterocycles. The summed E-state index contributed by atoms with van der Waals surface area (Å²) >= 11 is 12.3. The lowest BCUT2D eigenvalue weighted by Gasteiger charge is -2.05. The summed E-state index contributed by atoms with van der Waals surface area (Å²) in [6.45, 7) is 3.11. The van der Waals surface area contributed by atoms with Crippen LogP contribution in [0.4, 0.5) is 0 Å². The Morgan fingerprint density at radius 3 is 2.50 bits per heavy atom. The molecule has 0 saturated heterocycles. The van der Waals surface area contributed by atoms with Gasteiger partial charge in [-0.1, -0.05) is 39.6 Å². The second kappa shape index (κ2) is 6.89. The molecule has 0 aliphatic carbocycles. The van der Waals surface area contributed by atoms with Gasteiger partial charge in [0.15, 0.2) is 5.71 Å². The molecular formula is C16H12Cl2N4O4. The monoisotopic (exact) mass is 394 g/mol. The third-order valence-corrected chi connectivity index (χ3v) is 4.26. The minimum absolute atomic E-state index is 0.0118. The number of hydrogen-bond acceptors (Lipinski definition) is 7. The molecule has 2 aromatic rings. The largest absolute Gasteiger partial charge is 0.371 e. The molecular weight excluding hydrogens is 383 g/mol. The minimum atomic E-state index is -0.864. The van der Waals surface area contributed by atoms with E-state index in [1.54, 1.807) is 25.1 Å². The van der Waals surface area contributed by atoms with E-state index >= 15 is 0 Å². The van der Waals surface area contributed by atoms with Gasteiger partial charge in [-0.05, 0) is 26.0 Å². The lowest BCUT2D eigenvalue weighted by molar-refractivity contribution is -0.122. The number of carbonyl (C=O) groups excluding carboxylic acids is 2. The lowest BCUT2D eigenvalue weighted by Crippen LogP contribution is -2.24. The molecule has 1 aromatic carbocycles. The van der Waals surface area contributed by atoms with E-state index in [9.17, 15) is 9.59 Å². The van der Waals surface area contributed by atoms with Gasteiger partial charge in [-0.2, -0.15) is 5.10 Å². The maximum atomic E-state index is 12.5. The van der Waals surface area contributed by atoms with Crippen LogP contribution in [-0.4, -0.2) is 40.5 Å². The van der Waals surface area contributed by atoms with E-state index < -0.39 is 11.9 Å². The van der Waals surface area contributed by atoms with Crippen molar-refractivity contribution in [3.63, 3.8) is 0 Å². The topological polar surface area (TPSA) is 97.4 Å². The van der Waals surface area contributed by atoms with Crippen LogP contribution in [0.15, 0.2) is 33.0 Å². The van der Waals surface area contributed by atoms with Crippen LogP contribution in [0.1, 0.15) is 23.0 Å². The summed E-state index contributed by atoms with van der Waals surface area (Å²) < 4.78 is 5.10. The first-order valence-electron chi connectivity index (χ1n) is 7.35. The number of oxime groups is 1. The number of hydrogen-bond donors (Lipinski definition) is 0. The summed E-state index contributed by atoms with van der Waals surface area (Å²) in [7, 11) is 1.47. The molecule has 0 N–H and O–H groups in total. The number of aromatic nitrogens is 1. The number of aryl methyl sites for hydroxylation is 1. The van der Waals surface area contributed by atoms with Crippen molar-refractivity contribution < 1.29 is 18.9 Å². The van der Waals surface area contributed by atoms with Crippen molar-refractivity contribution in [2.75, 3.05) is 7.05 Å². The van der Waals surface area contributed by atoms with Crippen LogP contribution in [0.2, 0.25) is 10.0 Å². The highest BCUT2D eigenvalue weighted by atomic mass is 35.5. The summed E-state index contributed by atoms with van der Waals surface area (Å²) in [5.74, 6) is -1.15. The van der Waals surface area contributed by atoms with Crippen molar-refractivity contribution in [1.29, 1.82) is 0 Å². The highest BCUT2D eigenvalue weighted by Gasteiger charge is 2.30. The molecule has 1 aliphatic rings. The van der Waals surface area contributed by atoms with Crippen LogP contribution in [0.3, 0.4) is 0 Å². The van der Waals surface area contributed by atoms with Gasteiger partial charge >= 0.3 is 5.97 Å². The van der Waals surface area contributed by atoms with Crippen molar-refractivity contribution >= 4 is 46.5 Å². The lowest BCUT2D eigenvalue weighted by atomic mass is 10.1. The number of hydrazone groups is 1. The summed E-state index contributed by atoms with van der Waals surface area (Å²) in [6, 6.07) is 4.87. The highest BCUT2D eigenvalue weighted by Crippen LogP contribution is 2.36. The fourth-order valence-electron chi connectivity index (χ4n) is 2.37. The molecule has 0 spiro atoms. The van der Waals surface area contributed by atoms with Gasteiger partial charge in [-0.25, -0.2) is 9.80 Å². The zero-order valence-corrected chi connectivity index (χ0v) is 15.4. The number of amides is 1. The summed E-state index contributed by atoms with van der Waals surface area (Å²) in [6.07, 6.45) is 0. The first-order chi connectivity index (χ1) is 12.3. The van der Waals surface area contributed by atoms with E-state index in [0.717, 1.165) is 5.01 Å². The Labute approximate surface area is 158 Å². The number of halogens is 2. The van der Waals surface area contributed by atoms with Gasteiger partial charge in [0, 0.05) is 12.6 Å². The molecule has 10 heteroatoms. The molecule has 0 atom stereocenters. The molecule has 0 fully saturated rings. The molecule has 134 valence electrons. The summed E-state index contributed by atoms with van der Waals surface area (Å²) in [5, 5.41) is 13.1. The molecule has 0 saturated carbocycles. The van der Waals surface area contributed by atoms with Gasteiger partial charge in [0.25, 0.3) is 5.91 Å². The predicted molar refractivity (Wildman–Crippen MR) is 95.4 cm³/mol. The number of benzene rings is 1. The van der Waals surface area contributed by atoms with E-state index in [1.165, 1.54) is 14.0 Å². The zero-order valence-electron chi connectivity index (χ0n) is 13.9. The number of nitrogens with zero attached hydrogens (tertiary/aromatic N) is 4. The van der Waals surface area contributed by atoms with Crippen LogP contribution in [-0.2, 0) is 9.63 Å². The van der Waals surface area contributed by atoms with E-state index in [4.69, 9.17) is 32.6 Å². The summed E-state index contributed by atoms with van der Waals surface area (Å²) in [4.78, 5) is 29.3. The molecule has 0 bridgehead atoms. The molecule has 1 amide bonds. The summed E-state index contributed by atoms with van der Waals surface area (Å²) in [5.41, 5.74) is 0.747. The van der Waals surface area contributed by atoms with E-state index in [-0.39, 0.29) is 22.7 Å². The number of rotatable bonds is 3. The standard InChI is InChI=1S/C16H12Cl2N4O4/c1-7-13(15(23)22(3)19-7)20-26-16(24)11-8(2)25-21-14(11)12-9(17)5-4-6-10(12)18/h4-6H,1-3H3/b20-13+. The van der Waals surface area contributed by atoms with Crippen molar-refractivity contribution in [3.05, 3.63) is 39.6 Å². The third kappa shape index (κ3) is 3.09. The third-order valence-electron chi connectivity index (χ3n) is 3.63. The van der Waals surface area contributed by atoms with Crippen LogP contribution < -0.4 is 0 Å². The maximum absolute atomic E-state index is 12.5. The van der Waals surface area contributed by atoms with Crippen molar-refractivity contribution in [1.82, 2.24) is 10.2 Å². The molecule has 1 aromatic heterocycles. The van der Waals surface area contributed by atoms with Crippen LogP contribution in [0.5, 0.6) is 0 Å². The average Bonchev–Trinajstić information content (AvgIpc) is 3.06. The van der Waals surface area contributed by atoms with Crippen LogP contribution in [0, 0.1) is 6.92 Å². The Morgan fingerprint density at radius 2 is 1.92 bits per heavy atom. The van der Waals surface area contributed by atoms with Gasteiger partial charge in [-0.15, -0.1) is 0 Å². The molecule has 2 heterocycles.